The molecule has 0 spiro atoms. The minimum Gasteiger partial charge on any atom is -0.460 e. The highest BCUT2D eigenvalue weighted by Gasteiger charge is 2.33. The molecular formula is C22H33NO4. The number of rotatable bonds is 10. The number of Topliss-reactive ketones (excluding diaryl/α,β-unsaturated/α-hetero) is 1. The van der Waals surface area contributed by atoms with Crippen molar-refractivity contribution in [3.8, 4) is 0 Å². The number of hydrogen-bond donors (Lipinski definition) is 1. The average Bonchev–Trinajstić information content (AvgIpc) is 2.58. The second-order valence-corrected chi connectivity index (χ2v) is 8.49. The van der Waals surface area contributed by atoms with Gasteiger partial charge in [-0.2, -0.15) is 0 Å². The van der Waals surface area contributed by atoms with Crippen LogP contribution in [0.5, 0.6) is 0 Å². The van der Waals surface area contributed by atoms with Gasteiger partial charge in [0.2, 0.25) is 5.91 Å². The lowest BCUT2D eigenvalue weighted by atomic mass is 9.70. The Morgan fingerprint density at radius 1 is 1.04 bits per heavy atom. The van der Waals surface area contributed by atoms with E-state index in [4.69, 9.17) is 4.74 Å². The van der Waals surface area contributed by atoms with Gasteiger partial charge in [-0.1, -0.05) is 53.2 Å². The van der Waals surface area contributed by atoms with Crippen molar-refractivity contribution in [2.75, 3.05) is 13.2 Å². The molecule has 0 aromatic heterocycles. The first-order chi connectivity index (χ1) is 12.5. The van der Waals surface area contributed by atoms with E-state index >= 15 is 0 Å². The molecule has 0 aliphatic heterocycles. The summed E-state index contributed by atoms with van der Waals surface area (Å²) in [5.74, 6) is -0.400. The van der Waals surface area contributed by atoms with Crippen molar-refractivity contribution in [3.05, 3.63) is 35.4 Å². The Balaban J connectivity index is 2.62. The molecule has 0 aliphatic rings. The van der Waals surface area contributed by atoms with Gasteiger partial charge in [0.25, 0.3) is 0 Å². The highest BCUT2D eigenvalue weighted by Crippen LogP contribution is 2.37. The number of ether oxygens (including phenoxy) is 1. The molecule has 1 rings (SSSR count). The Bertz CT molecular complexity index is 659. The maximum atomic E-state index is 12.7. The van der Waals surface area contributed by atoms with E-state index in [2.05, 4.69) is 26.1 Å². The zero-order valence-corrected chi connectivity index (χ0v) is 17.5. The topological polar surface area (TPSA) is 72.5 Å². The van der Waals surface area contributed by atoms with Gasteiger partial charge in [-0.3, -0.25) is 9.59 Å². The Morgan fingerprint density at radius 2 is 1.63 bits per heavy atom. The second-order valence-electron chi connectivity index (χ2n) is 8.49. The van der Waals surface area contributed by atoms with E-state index in [1.807, 2.05) is 13.8 Å². The summed E-state index contributed by atoms with van der Waals surface area (Å²) in [5, 5.41) is 2.56. The maximum Gasteiger partial charge on any atom is 0.338 e. The monoisotopic (exact) mass is 375 g/mol. The van der Waals surface area contributed by atoms with Gasteiger partial charge in [-0.15, -0.1) is 0 Å². The molecule has 0 aliphatic carbocycles. The van der Waals surface area contributed by atoms with Gasteiger partial charge in [-0.05, 0) is 29.5 Å². The fraction of sp³-hybridized carbons (Fsp3) is 0.591. The van der Waals surface area contributed by atoms with Crippen molar-refractivity contribution in [1.82, 2.24) is 5.32 Å². The number of carbonyl (C=O) groups is 3. The maximum absolute atomic E-state index is 12.7. The quantitative estimate of drug-likeness (QED) is 0.496. The van der Waals surface area contributed by atoms with Crippen LogP contribution in [0.4, 0.5) is 0 Å². The van der Waals surface area contributed by atoms with E-state index in [1.165, 1.54) is 6.92 Å². The number of amides is 1. The number of carbonyl (C=O) groups excluding carboxylic acids is 3. The van der Waals surface area contributed by atoms with Gasteiger partial charge in [0.15, 0.2) is 0 Å². The summed E-state index contributed by atoms with van der Waals surface area (Å²) >= 11 is 0. The standard InChI is InChI=1S/C22H33NO4/c1-7-21(3,4)15-22(5,6)19(25)14-17-8-10-18(11-9-17)20(26)27-13-12-23-16(2)24/h8-11H,7,12-15H2,1-6H3,(H,23,24). The number of benzene rings is 1. The van der Waals surface area contributed by atoms with Crippen molar-refractivity contribution < 1.29 is 19.1 Å². The van der Waals surface area contributed by atoms with Crippen LogP contribution < -0.4 is 5.32 Å². The highest BCUT2D eigenvalue weighted by atomic mass is 16.5. The predicted octanol–water partition coefficient (Wildman–Crippen LogP) is 3.94. The summed E-state index contributed by atoms with van der Waals surface area (Å²) in [5.41, 5.74) is 1.06. The molecule has 0 fully saturated rings. The molecule has 0 heterocycles. The van der Waals surface area contributed by atoms with Gasteiger partial charge in [0.1, 0.15) is 12.4 Å². The fourth-order valence-electron chi connectivity index (χ4n) is 3.06. The lowest BCUT2D eigenvalue weighted by Crippen LogP contribution is -2.31. The Kier molecular flexibility index (Phi) is 8.20. The smallest absolute Gasteiger partial charge is 0.338 e. The number of hydrogen-bond acceptors (Lipinski definition) is 4. The van der Waals surface area contributed by atoms with E-state index in [-0.39, 0.29) is 35.7 Å². The van der Waals surface area contributed by atoms with Crippen LogP contribution in [0.1, 0.15) is 70.3 Å². The summed E-state index contributed by atoms with van der Waals surface area (Å²) < 4.78 is 5.10. The third-order valence-corrected chi connectivity index (χ3v) is 4.90. The third-order valence-electron chi connectivity index (χ3n) is 4.90. The van der Waals surface area contributed by atoms with E-state index in [0.29, 0.717) is 12.0 Å². The number of ketones is 1. The summed E-state index contributed by atoms with van der Waals surface area (Å²) in [7, 11) is 0. The minimum atomic E-state index is -0.441. The molecule has 0 unspecified atom stereocenters. The van der Waals surface area contributed by atoms with E-state index < -0.39 is 5.97 Å². The van der Waals surface area contributed by atoms with Crippen molar-refractivity contribution >= 4 is 17.7 Å². The molecule has 0 saturated heterocycles. The van der Waals surface area contributed by atoms with Crippen LogP contribution in [0, 0.1) is 10.8 Å². The Labute approximate surface area is 162 Å². The van der Waals surface area contributed by atoms with Crippen LogP contribution in [0.3, 0.4) is 0 Å². The summed E-state index contributed by atoms with van der Waals surface area (Å²) in [4.78, 5) is 35.5. The van der Waals surface area contributed by atoms with Crippen LogP contribution in [0.25, 0.3) is 0 Å². The average molecular weight is 376 g/mol. The first-order valence-electron chi connectivity index (χ1n) is 9.50. The molecule has 5 nitrogen and oxygen atoms in total. The van der Waals surface area contributed by atoms with Gasteiger partial charge in [-0.25, -0.2) is 4.79 Å². The Hall–Kier alpha value is -2.17. The van der Waals surface area contributed by atoms with Crippen molar-refractivity contribution in [3.63, 3.8) is 0 Å². The molecule has 1 aromatic rings. The molecule has 1 N–H and O–H groups in total. The van der Waals surface area contributed by atoms with Crippen LogP contribution in [-0.2, 0) is 20.7 Å². The van der Waals surface area contributed by atoms with Crippen molar-refractivity contribution in [2.24, 2.45) is 10.8 Å². The van der Waals surface area contributed by atoms with Crippen LogP contribution in [-0.4, -0.2) is 30.8 Å². The molecule has 0 atom stereocenters. The zero-order chi connectivity index (χ0) is 20.7. The lowest BCUT2D eigenvalue weighted by Gasteiger charge is -2.33. The van der Waals surface area contributed by atoms with E-state index in [1.54, 1.807) is 24.3 Å². The van der Waals surface area contributed by atoms with Gasteiger partial charge in [0.05, 0.1) is 12.1 Å². The van der Waals surface area contributed by atoms with Crippen LogP contribution >= 0.6 is 0 Å². The largest absolute Gasteiger partial charge is 0.460 e. The molecule has 0 bridgehead atoms. The van der Waals surface area contributed by atoms with E-state index in [0.717, 1.165) is 18.4 Å². The number of nitrogens with one attached hydrogen (secondary N) is 1. The van der Waals surface area contributed by atoms with Gasteiger partial charge < -0.3 is 10.1 Å². The van der Waals surface area contributed by atoms with E-state index in [9.17, 15) is 14.4 Å². The first kappa shape index (κ1) is 22.9. The highest BCUT2D eigenvalue weighted by molar-refractivity contribution is 5.90. The molecule has 0 saturated carbocycles. The minimum absolute atomic E-state index is 0.125. The predicted molar refractivity (Wildman–Crippen MR) is 107 cm³/mol. The number of esters is 1. The molecule has 5 heteroatoms. The van der Waals surface area contributed by atoms with Crippen LogP contribution in [0.2, 0.25) is 0 Å². The molecule has 1 amide bonds. The third kappa shape index (κ3) is 7.94. The van der Waals surface area contributed by atoms with Gasteiger partial charge >= 0.3 is 5.97 Å². The Morgan fingerprint density at radius 3 is 2.15 bits per heavy atom. The van der Waals surface area contributed by atoms with Crippen molar-refractivity contribution in [1.29, 1.82) is 0 Å². The lowest BCUT2D eigenvalue weighted by molar-refractivity contribution is -0.128. The second kappa shape index (κ2) is 9.67. The molecule has 150 valence electrons. The van der Waals surface area contributed by atoms with Crippen molar-refractivity contribution in [2.45, 2.75) is 60.8 Å². The fourth-order valence-corrected chi connectivity index (χ4v) is 3.06. The molecular weight excluding hydrogens is 342 g/mol. The SMILES string of the molecule is CCC(C)(C)CC(C)(C)C(=O)Cc1ccc(C(=O)OCCNC(C)=O)cc1. The first-order valence-corrected chi connectivity index (χ1v) is 9.50. The molecule has 0 radical (unpaired) electrons. The molecule has 1 aromatic carbocycles. The molecule has 27 heavy (non-hydrogen) atoms. The summed E-state index contributed by atoms with van der Waals surface area (Å²) in [6, 6.07) is 6.94. The zero-order valence-electron chi connectivity index (χ0n) is 17.5. The van der Waals surface area contributed by atoms with Gasteiger partial charge in [0, 0.05) is 18.8 Å². The summed E-state index contributed by atoms with van der Waals surface area (Å²) in [6.45, 7) is 12.4. The van der Waals surface area contributed by atoms with Crippen LogP contribution in [0.15, 0.2) is 24.3 Å². The summed E-state index contributed by atoms with van der Waals surface area (Å²) in [6.07, 6.45) is 2.22. The normalized spacial score (nSPS) is 11.8.